The Balaban J connectivity index is 2.53. The molecule has 3 nitrogen and oxygen atoms in total. The van der Waals surface area contributed by atoms with Gasteiger partial charge in [0.15, 0.2) is 0 Å². The number of fused-ring (bicyclic) bond motifs is 1. The smallest absolute Gasteiger partial charge is 0.124 e. The van der Waals surface area contributed by atoms with Crippen molar-refractivity contribution in [1.29, 1.82) is 0 Å². The normalized spacial score (nSPS) is 25.9. The molecule has 1 aliphatic heterocycles. The summed E-state index contributed by atoms with van der Waals surface area (Å²) < 4.78 is 0. The van der Waals surface area contributed by atoms with Gasteiger partial charge < -0.3 is 15.5 Å². The molecule has 2 rings (SSSR count). The molecule has 0 radical (unpaired) electrons. The van der Waals surface area contributed by atoms with Gasteiger partial charge in [-0.3, -0.25) is 0 Å². The molecule has 2 atom stereocenters. The summed E-state index contributed by atoms with van der Waals surface area (Å²) in [6, 6.07) is 3.67. The number of benzene rings is 1. The van der Waals surface area contributed by atoms with Gasteiger partial charge >= 0.3 is 0 Å². The number of nitrogens with one attached hydrogen (secondary N) is 1. The molecule has 0 spiro atoms. The molecule has 1 aromatic rings. The Kier molecular flexibility index (Phi) is 2.11. The highest BCUT2D eigenvalue weighted by Gasteiger charge is 2.23. The summed E-state index contributed by atoms with van der Waals surface area (Å²) in [5.74, 6) is 0.328. The quantitative estimate of drug-likeness (QED) is 0.587. The first kappa shape index (κ1) is 9.34. The van der Waals surface area contributed by atoms with E-state index in [9.17, 15) is 10.2 Å². The molecule has 0 fully saturated rings. The first-order valence-electron chi connectivity index (χ1n) is 4.88. The number of hydrogen-bond donors (Lipinski definition) is 3. The molecule has 3 heteroatoms. The number of rotatable bonds is 0. The van der Waals surface area contributed by atoms with Crippen molar-refractivity contribution in [3.05, 3.63) is 23.3 Å². The standard InChI is InChI=1S/C11H15NO2/c1-6-3-8-4-9(13)5-10(14)11(8)7(2)12-6/h4-7,12-14H,3H2,1-2H3/t6-,7+/m0/s1. The van der Waals surface area contributed by atoms with Crippen LogP contribution in [-0.2, 0) is 6.42 Å². The van der Waals surface area contributed by atoms with Crippen molar-refractivity contribution in [2.45, 2.75) is 32.4 Å². The van der Waals surface area contributed by atoms with Crippen LogP contribution in [0.5, 0.6) is 11.5 Å². The van der Waals surface area contributed by atoms with Gasteiger partial charge in [0.05, 0.1) is 0 Å². The van der Waals surface area contributed by atoms with Crippen molar-refractivity contribution >= 4 is 0 Å². The molecule has 14 heavy (non-hydrogen) atoms. The zero-order valence-corrected chi connectivity index (χ0v) is 8.41. The predicted molar refractivity (Wildman–Crippen MR) is 54.5 cm³/mol. The van der Waals surface area contributed by atoms with Crippen molar-refractivity contribution in [1.82, 2.24) is 5.32 Å². The predicted octanol–water partition coefficient (Wildman–Crippen LogP) is 1.69. The lowest BCUT2D eigenvalue weighted by Gasteiger charge is -2.29. The molecular weight excluding hydrogens is 178 g/mol. The number of aromatic hydroxyl groups is 2. The third-order valence-electron chi connectivity index (χ3n) is 2.72. The van der Waals surface area contributed by atoms with Gasteiger partial charge in [0.1, 0.15) is 11.5 Å². The Morgan fingerprint density at radius 3 is 2.71 bits per heavy atom. The van der Waals surface area contributed by atoms with E-state index in [1.54, 1.807) is 6.07 Å². The number of phenolic OH excluding ortho intramolecular Hbond substituents is 2. The van der Waals surface area contributed by atoms with Crippen molar-refractivity contribution < 1.29 is 10.2 Å². The van der Waals surface area contributed by atoms with Crippen molar-refractivity contribution in [2.24, 2.45) is 0 Å². The molecular formula is C11H15NO2. The van der Waals surface area contributed by atoms with E-state index in [0.29, 0.717) is 6.04 Å². The van der Waals surface area contributed by atoms with E-state index in [-0.39, 0.29) is 17.5 Å². The summed E-state index contributed by atoms with van der Waals surface area (Å²) in [6.45, 7) is 4.12. The van der Waals surface area contributed by atoms with Gasteiger partial charge in [-0.15, -0.1) is 0 Å². The molecule has 0 aliphatic carbocycles. The second-order valence-corrected chi connectivity index (χ2v) is 4.03. The molecule has 1 aliphatic rings. The minimum Gasteiger partial charge on any atom is -0.508 e. The van der Waals surface area contributed by atoms with Crippen LogP contribution in [0, 0.1) is 0 Å². The van der Waals surface area contributed by atoms with Crippen LogP contribution < -0.4 is 5.32 Å². The second-order valence-electron chi connectivity index (χ2n) is 4.03. The summed E-state index contributed by atoms with van der Waals surface area (Å²) in [5, 5.41) is 22.4. The van der Waals surface area contributed by atoms with Crippen LogP contribution in [0.2, 0.25) is 0 Å². The molecule has 0 bridgehead atoms. The summed E-state index contributed by atoms with van der Waals surface area (Å²) >= 11 is 0. The third kappa shape index (κ3) is 1.44. The molecule has 0 amide bonds. The Hall–Kier alpha value is -1.22. The van der Waals surface area contributed by atoms with Crippen molar-refractivity contribution in [3.63, 3.8) is 0 Å². The van der Waals surface area contributed by atoms with Crippen LogP contribution in [0.4, 0.5) is 0 Å². The lowest BCUT2D eigenvalue weighted by Crippen LogP contribution is -2.35. The SMILES string of the molecule is C[C@H]1Cc2cc(O)cc(O)c2[C@@H](C)N1. The van der Waals surface area contributed by atoms with Crippen molar-refractivity contribution in [2.75, 3.05) is 0 Å². The van der Waals surface area contributed by atoms with Crippen LogP contribution in [0.3, 0.4) is 0 Å². The van der Waals surface area contributed by atoms with E-state index in [1.165, 1.54) is 6.07 Å². The molecule has 1 heterocycles. The average molecular weight is 193 g/mol. The minimum atomic E-state index is 0.141. The molecule has 1 aromatic carbocycles. The van der Waals surface area contributed by atoms with E-state index in [0.717, 1.165) is 17.5 Å². The fraction of sp³-hybridized carbons (Fsp3) is 0.455. The van der Waals surface area contributed by atoms with E-state index in [4.69, 9.17) is 0 Å². The fourth-order valence-electron chi connectivity index (χ4n) is 2.25. The highest BCUT2D eigenvalue weighted by Crippen LogP contribution is 2.35. The van der Waals surface area contributed by atoms with E-state index in [2.05, 4.69) is 12.2 Å². The Labute approximate surface area is 83.4 Å². The lowest BCUT2D eigenvalue weighted by molar-refractivity contribution is 0.401. The van der Waals surface area contributed by atoms with Crippen molar-refractivity contribution in [3.8, 4) is 11.5 Å². The Bertz CT molecular complexity index is 363. The van der Waals surface area contributed by atoms with Crippen LogP contribution in [0.15, 0.2) is 12.1 Å². The van der Waals surface area contributed by atoms with E-state index < -0.39 is 0 Å². The van der Waals surface area contributed by atoms with Gasteiger partial charge in [-0.1, -0.05) is 0 Å². The van der Waals surface area contributed by atoms with Gasteiger partial charge in [-0.2, -0.15) is 0 Å². The second kappa shape index (κ2) is 3.17. The van der Waals surface area contributed by atoms with Crippen LogP contribution in [0.1, 0.15) is 31.0 Å². The van der Waals surface area contributed by atoms with E-state index >= 15 is 0 Å². The molecule has 76 valence electrons. The van der Waals surface area contributed by atoms with Crippen LogP contribution in [-0.4, -0.2) is 16.3 Å². The van der Waals surface area contributed by atoms with Gasteiger partial charge in [0.2, 0.25) is 0 Å². The summed E-state index contributed by atoms with van der Waals surface area (Å²) in [7, 11) is 0. The van der Waals surface area contributed by atoms with Gasteiger partial charge in [0.25, 0.3) is 0 Å². The highest BCUT2D eigenvalue weighted by atomic mass is 16.3. The third-order valence-corrected chi connectivity index (χ3v) is 2.72. The zero-order valence-electron chi connectivity index (χ0n) is 8.41. The maximum atomic E-state index is 9.69. The first-order chi connectivity index (χ1) is 6.58. The van der Waals surface area contributed by atoms with Gasteiger partial charge in [-0.05, 0) is 31.9 Å². The zero-order chi connectivity index (χ0) is 10.3. The summed E-state index contributed by atoms with van der Waals surface area (Å²) in [5.41, 5.74) is 1.96. The molecule has 0 unspecified atom stereocenters. The Morgan fingerprint density at radius 1 is 1.29 bits per heavy atom. The Morgan fingerprint density at radius 2 is 2.00 bits per heavy atom. The van der Waals surface area contributed by atoms with Crippen LogP contribution in [0.25, 0.3) is 0 Å². The topological polar surface area (TPSA) is 52.5 Å². The monoisotopic (exact) mass is 193 g/mol. The number of hydrogen-bond acceptors (Lipinski definition) is 3. The molecule has 0 aromatic heterocycles. The molecule has 0 saturated carbocycles. The van der Waals surface area contributed by atoms with Crippen LogP contribution >= 0.6 is 0 Å². The maximum Gasteiger partial charge on any atom is 0.124 e. The van der Waals surface area contributed by atoms with Gasteiger partial charge in [-0.25, -0.2) is 0 Å². The summed E-state index contributed by atoms with van der Waals surface area (Å²) in [6.07, 6.45) is 0.849. The lowest BCUT2D eigenvalue weighted by atomic mass is 9.90. The average Bonchev–Trinajstić information content (AvgIpc) is 1.99. The van der Waals surface area contributed by atoms with Gasteiger partial charge in [0, 0.05) is 23.7 Å². The van der Waals surface area contributed by atoms with E-state index in [1.807, 2.05) is 6.92 Å². The highest BCUT2D eigenvalue weighted by molar-refractivity contribution is 5.48. The summed E-state index contributed by atoms with van der Waals surface area (Å²) in [4.78, 5) is 0. The maximum absolute atomic E-state index is 9.69. The first-order valence-corrected chi connectivity index (χ1v) is 4.88. The number of phenols is 2. The fourth-order valence-corrected chi connectivity index (χ4v) is 2.25. The largest absolute Gasteiger partial charge is 0.508 e. The molecule has 3 N–H and O–H groups in total. The molecule has 0 saturated heterocycles. The minimum absolute atomic E-state index is 0.141.